The van der Waals surface area contributed by atoms with E-state index in [9.17, 15) is 0 Å². The Balaban J connectivity index is 2.15. The first-order chi connectivity index (χ1) is 8.54. The molecule has 1 fully saturated rings. The van der Waals surface area contributed by atoms with Gasteiger partial charge in [-0.05, 0) is 31.9 Å². The SMILES string of the molecule is CCC1(C)CCOC(c2ccc(Br)cc2Cl)CN1. The van der Waals surface area contributed by atoms with Gasteiger partial charge in [-0.3, -0.25) is 0 Å². The summed E-state index contributed by atoms with van der Waals surface area (Å²) >= 11 is 9.71. The Morgan fingerprint density at radius 2 is 2.33 bits per heavy atom. The Morgan fingerprint density at radius 1 is 1.56 bits per heavy atom. The van der Waals surface area contributed by atoms with Gasteiger partial charge in [0, 0.05) is 33.7 Å². The second-order valence-electron chi connectivity index (χ2n) is 5.07. The van der Waals surface area contributed by atoms with E-state index in [1.165, 1.54) is 0 Å². The predicted octanol–water partition coefficient (Wildman–Crippen LogP) is 4.32. The first-order valence-corrected chi connectivity index (χ1v) is 7.53. The fraction of sp³-hybridized carbons (Fsp3) is 0.571. The molecule has 2 rings (SSSR count). The second kappa shape index (κ2) is 5.91. The van der Waals surface area contributed by atoms with Crippen molar-refractivity contribution in [2.24, 2.45) is 0 Å². The minimum atomic E-state index is 0.0407. The summed E-state index contributed by atoms with van der Waals surface area (Å²) in [6.07, 6.45) is 2.18. The molecular formula is C14H19BrClNO. The van der Waals surface area contributed by atoms with Crippen LogP contribution in [0.25, 0.3) is 0 Å². The molecule has 1 aliphatic rings. The fourth-order valence-corrected chi connectivity index (χ4v) is 2.97. The van der Waals surface area contributed by atoms with E-state index in [-0.39, 0.29) is 11.6 Å². The van der Waals surface area contributed by atoms with Crippen molar-refractivity contribution in [2.45, 2.75) is 38.3 Å². The molecule has 0 aromatic heterocycles. The molecule has 1 aromatic carbocycles. The molecule has 1 aromatic rings. The van der Waals surface area contributed by atoms with Crippen LogP contribution in [0, 0.1) is 0 Å². The summed E-state index contributed by atoms with van der Waals surface area (Å²) in [5.74, 6) is 0. The Bertz CT molecular complexity index is 426. The summed E-state index contributed by atoms with van der Waals surface area (Å²) in [5, 5.41) is 4.36. The van der Waals surface area contributed by atoms with Crippen LogP contribution in [0.15, 0.2) is 22.7 Å². The lowest BCUT2D eigenvalue weighted by Crippen LogP contribution is -2.42. The quantitative estimate of drug-likeness (QED) is 0.870. The molecule has 18 heavy (non-hydrogen) atoms. The molecule has 0 saturated carbocycles. The van der Waals surface area contributed by atoms with Crippen LogP contribution < -0.4 is 5.32 Å². The molecule has 0 radical (unpaired) electrons. The van der Waals surface area contributed by atoms with Gasteiger partial charge in [0.05, 0.1) is 6.10 Å². The highest BCUT2D eigenvalue weighted by Crippen LogP contribution is 2.31. The van der Waals surface area contributed by atoms with Gasteiger partial charge in [-0.15, -0.1) is 0 Å². The number of ether oxygens (including phenoxy) is 1. The molecule has 1 saturated heterocycles. The molecule has 0 spiro atoms. The van der Waals surface area contributed by atoms with Crippen molar-refractivity contribution >= 4 is 27.5 Å². The molecular weight excluding hydrogens is 314 g/mol. The molecule has 1 heterocycles. The molecule has 100 valence electrons. The Hall–Kier alpha value is -0.0900. The van der Waals surface area contributed by atoms with E-state index < -0.39 is 0 Å². The topological polar surface area (TPSA) is 21.3 Å². The van der Waals surface area contributed by atoms with Crippen molar-refractivity contribution in [1.29, 1.82) is 0 Å². The minimum Gasteiger partial charge on any atom is -0.372 e. The van der Waals surface area contributed by atoms with Gasteiger partial charge in [0.15, 0.2) is 0 Å². The van der Waals surface area contributed by atoms with Crippen LogP contribution in [0.4, 0.5) is 0 Å². The van der Waals surface area contributed by atoms with Crippen molar-refractivity contribution in [2.75, 3.05) is 13.2 Å². The van der Waals surface area contributed by atoms with E-state index in [0.29, 0.717) is 0 Å². The predicted molar refractivity (Wildman–Crippen MR) is 79.2 cm³/mol. The normalized spacial score (nSPS) is 29.0. The third-order valence-corrected chi connectivity index (χ3v) is 4.60. The summed E-state index contributed by atoms with van der Waals surface area (Å²) in [6, 6.07) is 5.96. The molecule has 2 atom stereocenters. The number of rotatable bonds is 2. The van der Waals surface area contributed by atoms with Crippen LogP contribution >= 0.6 is 27.5 Å². The summed E-state index contributed by atoms with van der Waals surface area (Å²) in [5.41, 5.74) is 1.24. The zero-order valence-electron chi connectivity index (χ0n) is 10.8. The number of hydrogen-bond donors (Lipinski definition) is 1. The van der Waals surface area contributed by atoms with Crippen molar-refractivity contribution in [3.05, 3.63) is 33.3 Å². The number of nitrogens with one attached hydrogen (secondary N) is 1. The molecule has 0 aliphatic carbocycles. The van der Waals surface area contributed by atoms with Gasteiger partial charge in [-0.25, -0.2) is 0 Å². The van der Waals surface area contributed by atoms with E-state index in [4.69, 9.17) is 16.3 Å². The Morgan fingerprint density at radius 3 is 3.00 bits per heavy atom. The maximum absolute atomic E-state index is 6.28. The van der Waals surface area contributed by atoms with Crippen LogP contribution in [0.2, 0.25) is 5.02 Å². The van der Waals surface area contributed by atoms with E-state index in [2.05, 4.69) is 35.1 Å². The van der Waals surface area contributed by atoms with Crippen LogP contribution in [-0.2, 0) is 4.74 Å². The zero-order valence-corrected chi connectivity index (χ0v) is 13.1. The van der Waals surface area contributed by atoms with Gasteiger partial charge in [0.25, 0.3) is 0 Å². The standard InChI is InChI=1S/C14H19BrClNO/c1-3-14(2)6-7-18-13(9-17-14)11-5-4-10(15)8-12(11)16/h4-5,8,13,17H,3,6-7,9H2,1-2H3. The number of benzene rings is 1. The summed E-state index contributed by atoms with van der Waals surface area (Å²) in [7, 11) is 0. The van der Waals surface area contributed by atoms with Gasteiger partial charge >= 0.3 is 0 Å². The van der Waals surface area contributed by atoms with Gasteiger partial charge in [0.2, 0.25) is 0 Å². The molecule has 0 bridgehead atoms. The monoisotopic (exact) mass is 331 g/mol. The van der Waals surface area contributed by atoms with Crippen molar-refractivity contribution in [1.82, 2.24) is 5.32 Å². The van der Waals surface area contributed by atoms with Crippen molar-refractivity contribution < 1.29 is 4.74 Å². The maximum atomic E-state index is 6.28. The van der Waals surface area contributed by atoms with Gasteiger partial charge < -0.3 is 10.1 Å². The minimum absolute atomic E-state index is 0.0407. The summed E-state index contributed by atoms with van der Waals surface area (Å²) in [6.45, 7) is 6.04. The molecule has 1 aliphatic heterocycles. The van der Waals surface area contributed by atoms with Gasteiger partial charge in [0.1, 0.15) is 0 Å². The molecule has 2 unspecified atom stereocenters. The number of halogens is 2. The lowest BCUT2D eigenvalue weighted by atomic mass is 9.95. The lowest BCUT2D eigenvalue weighted by molar-refractivity contribution is 0.0654. The van der Waals surface area contributed by atoms with Crippen LogP contribution in [0.1, 0.15) is 38.4 Å². The van der Waals surface area contributed by atoms with Crippen LogP contribution in [0.5, 0.6) is 0 Å². The highest BCUT2D eigenvalue weighted by atomic mass is 79.9. The van der Waals surface area contributed by atoms with E-state index in [0.717, 1.165) is 41.1 Å². The van der Waals surface area contributed by atoms with Crippen molar-refractivity contribution in [3.63, 3.8) is 0 Å². The largest absolute Gasteiger partial charge is 0.372 e. The Kier molecular flexibility index (Phi) is 4.70. The first-order valence-electron chi connectivity index (χ1n) is 6.36. The maximum Gasteiger partial charge on any atom is 0.0963 e. The third kappa shape index (κ3) is 3.27. The average Bonchev–Trinajstić information content (AvgIpc) is 2.53. The van der Waals surface area contributed by atoms with Gasteiger partial charge in [-0.1, -0.05) is 40.5 Å². The van der Waals surface area contributed by atoms with E-state index in [1.54, 1.807) is 0 Å². The molecule has 4 heteroatoms. The molecule has 1 N–H and O–H groups in total. The molecule has 2 nitrogen and oxygen atoms in total. The average molecular weight is 333 g/mol. The summed E-state index contributed by atoms with van der Waals surface area (Å²) in [4.78, 5) is 0. The fourth-order valence-electron chi connectivity index (χ4n) is 2.18. The highest BCUT2D eigenvalue weighted by molar-refractivity contribution is 9.10. The smallest absolute Gasteiger partial charge is 0.0963 e. The number of hydrogen-bond acceptors (Lipinski definition) is 2. The van der Waals surface area contributed by atoms with E-state index in [1.807, 2.05) is 18.2 Å². The first kappa shape index (κ1) is 14.3. The second-order valence-corrected chi connectivity index (χ2v) is 6.39. The lowest BCUT2D eigenvalue weighted by Gasteiger charge is -2.27. The van der Waals surface area contributed by atoms with Gasteiger partial charge in [-0.2, -0.15) is 0 Å². The highest BCUT2D eigenvalue weighted by Gasteiger charge is 2.28. The Labute approximate surface area is 122 Å². The third-order valence-electron chi connectivity index (χ3n) is 3.78. The van der Waals surface area contributed by atoms with E-state index >= 15 is 0 Å². The van der Waals surface area contributed by atoms with Crippen LogP contribution in [-0.4, -0.2) is 18.7 Å². The summed E-state index contributed by atoms with van der Waals surface area (Å²) < 4.78 is 6.94. The van der Waals surface area contributed by atoms with Crippen molar-refractivity contribution in [3.8, 4) is 0 Å². The zero-order chi connectivity index (χ0) is 13.2. The molecule has 0 amide bonds. The van der Waals surface area contributed by atoms with Crippen LogP contribution in [0.3, 0.4) is 0 Å².